The first-order chi connectivity index (χ1) is 9.43. The Labute approximate surface area is 114 Å². The third-order valence-electron chi connectivity index (χ3n) is 2.54. The summed E-state index contributed by atoms with van der Waals surface area (Å²) in [6.07, 6.45) is -0.271. The summed E-state index contributed by atoms with van der Waals surface area (Å²) in [5, 5.41) is 30.4. The Hall–Kier alpha value is -2.48. The van der Waals surface area contributed by atoms with Crippen molar-refractivity contribution in [2.75, 3.05) is 6.61 Å². The number of amides is 1. The number of nitro groups is 1. The molecule has 1 amide bonds. The van der Waals surface area contributed by atoms with E-state index in [9.17, 15) is 19.7 Å². The number of carbonyl (C=O) groups excluding carboxylic acids is 1. The molecule has 8 heteroatoms. The molecule has 0 radical (unpaired) electrons. The first kappa shape index (κ1) is 15.6. The van der Waals surface area contributed by atoms with E-state index in [0.717, 1.165) is 0 Å². The number of nitrogens with one attached hydrogen (secondary N) is 1. The molecule has 0 heterocycles. The first-order valence-electron chi connectivity index (χ1n) is 5.80. The van der Waals surface area contributed by atoms with E-state index in [1.54, 1.807) is 0 Å². The van der Waals surface area contributed by atoms with Gasteiger partial charge in [0, 0.05) is 25.2 Å². The predicted octanol–water partition coefficient (Wildman–Crippen LogP) is 0.0891. The molecule has 3 N–H and O–H groups in total. The van der Waals surface area contributed by atoms with Crippen molar-refractivity contribution in [3.8, 4) is 0 Å². The molecule has 1 aromatic rings. The molecular formula is C12H14N2O6. The van der Waals surface area contributed by atoms with E-state index in [2.05, 4.69) is 5.32 Å². The van der Waals surface area contributed by atoms with Crippen molar-refractivity contribution in [3.63, 3.8) is 0 Å². The van der Waals surface area contributed by atoms with Gasteiger partial charge < -0.3 is 15.5 Å². The monoisotopic (exact) mass is 282 g/mol. The summed E-state index contributed by atoms with van der Waals surface area (Å²) < 4.78 is 0. The highest BCUT2D eigenvalue weighted by Gasteiger charge is 2.19. The highest BCUT2D eigenvalue weighted by atomic mass is 16.6. The molecule has 8 nitrogen and oxygen atoms in total. The molecule has 0 aliphatic heterocycles. The molecule has 0 bridgehead atoms. The highest BCUT2D eigenvalue weighted by Crippen LogP contribution is 2.13. The number of non-ortho nitro benzene ring substituents is 1. The standard InChI is InChI=1S/C12H14N2O6/c15-5-4-10(12(17)18)13-11(16)7-8-2-1-3-9(6-8)14(19)20/h1-3,6,10,15H,4-5,7H2,(H,13,16)(H,17,18). The first-order valence-corrected chi connectivity index (χ1v) is 5.80. The molecule has 0 spiro atoms. The smallest absolute Gasteiger partial charge is 0.326 e. The van der Waals surface area contributed by atoms with Crippen LogP contribution in [0.2, 0.25) is 0 Å². The number of aliphatic hydroxyl groups is 1. The Morgan fingerprint density at radius 1 is 1.40 bits per heavy atom. The van der Waals surface area contributed by atoms with E-state index in [-0.39, 0.29) is 25.1 Å². The fourth-order valence-electron chi connectivity index (χ4n) is 1.60. The summed E-state index contributed by atoms with van der Waals surface area (Å²) >= 11 is 0. The maximum absolute atomic E-state index is 11.7. The quantitative estimate of drug-likeness (QED) is 0.480. The number of carbonyl (C=O) groups is 2. The molecule has 0 aliphatic carbocycles. The molecule has 0 aromatic heterocycles. The molecule has 0 saturated heterocycles. The molecule has 20 heavy (non-hydrogen) atoms. The van der Waals surface area contributed by atoms with Crippen molar-refractivity contribution >= 4 is 17.6 Å². The zero-order chi connectivity index (χ0) is 15.1. The van der Waals surface area contributed by atoms with Gasteiger partial charge in [-0.1, -0.05) is 12.1 Å². The topological polar surface area (TPSA) is 130 Å². The van der Waals surface area contributed by atoms with Crippen LogP contribution in [0.5, 0.6) is 0 Å². The second-order valence-corrected chi connectivity index (χ2v) is 4.07. The Morgan fingerprint density at radius 2 is 2.10 bits per heavy atom. The van der Waals surface area contributed by atoms with E-state index in [4.69, 9.17) is 10.2 Å². The number of nitro benzene ring substituents is 1. The third kappa shape index (κ3) is 4.65. The van der Waals surface area contributed by atoms with Crippen LogP contribution in [0.25, 0.3) is 0 Å². The predicted molar refractivity (Wildman–Crippen MR) is 68.1 cm³/mol. The number of rotatable bonds is 7. The van der Waals surface area contributed by atoms with Gasteiger partial charge in [-0.2, -0.15) is 0 Å². The number of aliphatic carboxylic acids is 1. The van der Waals surface area contributed by atoms with Gasteiger partial charge in [-0.15, -0.1) is 0 Å². The van der Waals surface area contributed by atoms with Gasteiger partial charge in [0.25, 0.3) is 5.69 Å². The van der Waals surface area contributed by atoms with E-state index in [1.807, 2.05) is 0 Å². The lowest BCUT2D eigenvalue weighted by atomic mass is 10.1. The van der Waals surface area contributed by atoms with Crippen LogP contribution in [-0.4, -0.2) is 39.7 Å². The van der Waals surface area contributed by atoms with Crippen LogP contribution < -0.4 is 5.32 Å². The van der Waals surface area contributed by atoms with Crippen molar-refractivity contribution in [2.24, 2.45) is 0 Å². The van der Waals surface area contributed by atoms with Crippen molar-refractivity contribution in [2.45, 2.75) is 18.9 Å². The van der Waals surface area contributed by atoms with Crippen LogP contribution in [-0.2, 0) is 16.0 Å². The normalized spacial score (nSPS) is 11.7. The average Bonchev–Trinajstić information content (AvgIpc) is 2.38. The summed E-state index contributed by atoms with van der Waals surface area (Å²) in [5.41, 5.74) is 0.269. The summed E-state index contributed by atoms with van der Waals surface area (Å²) in [5.74, 6) is -1.82. The molecule has 1 atom stereocenters. The van der Waals surface area contributed by atoms with Crippen molar-refractivity contribution in [1.82, 2.24) is 5.32 Å². The minimum absolute atomic E-state index is 0.101. The van der Waals surface area contributed by atoms with Crippen LogP contribution in [0.4, 0.5) is 5.69 Å². The van der Waals surface area contributed by atoms with E-state index in [0.29, 0.717) is 5.56 Å². The number of benzene rings is 1. The van der Waals surface area contributed by atoms with E-state index < -0.39 is 22.8 Å². The van der Waals surface area contributed by atoms with Gasteiger partial charge in [-0.25, -0.2) is 4.79 Å². The number of hydrogen-bond donors (Lipinski definition) is 3. The van der Waals surface area contributed by atoms with E-state index in [1.165, 1.54) is 24.3 Å². The third-order valence-corrected chi connectivity index (χ3v) is 2.54. The van der Waals surface area contributed by atoms with Crippen molar-refractivity contribution < 1.29 is 24.7 Å². The van der Waals surface area contributed by atoms with Gasteiger partial charge in [0.2, 0.25) is 5.91 Å². The van der Waals surface area contributed by atoms with Gasteiger partial charge in [0.15, 0.2) is 0 Å². The van der Waals surface area contributed by atoms with Crippen LogP contribution in [0.3, 0.4) is 0 Å². The number of carboxylic acids is 1. The van der Waals surface area contributed by atoms with Gasteiger partial charge in [0.1, 0.15) is 6.04 Å². The SMILES string of the molecule is O=C(Cc1cccc([N+](=O)[O-])c1)NC(CCO)C(=O)O. The molecule has 0 fully saturated rings. The number of hydrogen-bond acceptors (Lipinski definition) is 5. The molecule has 0 saturated carbocycles. The minimum atomic E-state index is -1.24. The maximum atomic E-state index is 11.7. The molecule has 108 valence electrons. The number of aliphatic hydroxyl groups excluding tert-OH is 1. The van der Waals surface area contributed by atoms with Crippen LogP contribution >= 0.6 is 0 Å². The van der Waals surface area contributed by atoms with Gasteiger partial charge >= 0.3 is 5.97 Å². The number of nitrogens with zero attached hydrogens (tertiary/aromatic N) is 1. The zero-order valence-corrected chi connectivity index (χ0v) is 10.5. The Morgan fingerprint density at radius 3 is 2.65 bits per heavy atom. The van der Waals surface area contributed by atoms with Crippen LogP contribution in [0.15, 0.2) is 24.3 Å². The Balaban J connectivity index is 2.68. The lowest BCUT2D eigenvalue weighted by Crippen LogP contribution is -2.42. The summed E-state index contributed by atoms with van der Waals surface area (Å²) in [6, 6.07) is 4.36. The van der Waals surface area contributed by atoms with Gasteiger partial charge in [0.05, 0.1) is 11.3 Å². The maximum Gasteiger partial charge on any atom is 0.326 e. The Bertz CT molecular complexity index is 516. The van der Waals surface area contributed by atoms with Crippen LogP contribution in [0, 0.1) is 10.1 Å². The Kier molecular flexibility index (Phi) is 5.60. The van der Waals surface area contributed by atoms with E-state index >= 15 is 0 Å². The molecule has 1 aromatic carbocycles. The molecule has 0 aliphatic rings. The lowest BCUT2D eigenvalue weighted by molar-refractivity contribution is -0.384. The van der Waals surface area contributed by atoms with Gasteiger partial charge in [-0.3, -0.25) is 14.9 Å². The molecular weight excluding hydrogens is 268 g/mol. The molecule has 1 unspecified atom stereocenters. The zero-order valence-electron chi connectivity index (χ0n) is 10.5. The summed E-state index contributed by atoms with van der Waals surface area (Å²) in [7, 11) is 0. The minimum Gasteiger partial charge on any atom is -0.480 e. The lowest BCUT2D eigenvalue weighted by Gasteiger charge is -2.13. The fourth-order valence-corrected chi connectivity index (χ4v) is 1.60. The largest absolute Gasteiger partial charge is 0.480 e. The van der Waals surface area contributed by atoms with Crippen molar-refractivity contribution in [1.29, 1.82) is 0 Å². The fraction of sp³-hybridized carbons (Fsp3) is 0.333. The second-order valence-electron chi connectivity index (χ2n) is 4.07. The number of carboxylic acid groups (broad SMARTS) is 1. The van der Waals surface area contributed by atoms with Crippen molar-refractivity contribution in [3.05, 3.63) is 39.9 Å². The van der Waals surface area contributed by atoms with Crippen LogP contribution in [0.1, 0.15) is 12.0 Å². The van der Waals surface area contributed by atoms with Gasteiger partial charge in [-0.05, 0) is 5.56 Å². The summed E-state index contributed by atoms with van der Waals surface area (Å²) in [4.78, 5) is 32.5. The average molecular weight is 282 g/mol. The summed E-state index contributed by atoms with van der Waals surface area (Å²) in [6.45, 7) is -0.367. The molecule has 1 rings (SSSR count). The second kappa shape index (κ2) is 7.19. The highest BCUT2D eigenvalue weighted by molar-refractivity contribution is 5.84.